The van der Waals surface area contributed by atoms with Crippen LogP contribution in [0.5, 0.6) is 0 Å². The summed E-state index contributed by atoms with van der Waals surface area (Å²) < 4.78 is 11.4. The predicted molar refractivity (Wildman–Crippen MR) is 71.0 cm³/mol. The number of ether oxygens (including phenoxy) is 2. The summed E-state index contributed by atoms with van der Waals surface area (Å²) in [6.45, 7) is 5.72. The lowest BCUT2D eigenvalue weighted by atomic mass is 9.88. The van der Waals surface area contributed by atoms with Crippen LogP contribution in [0.25, 0.3) is 0 Å². The molecule has 5 heteroatoms. The Morgan fingerprint density at radius 3 is 2.42 bits per heavy atom. The summed E-state index contributed by atoms with van der Waals surface area (Å²) in [5.74, 6) is -1.10. The van der Waals surface area contributed by atoms with E-state index in [4.69, 9.17) is 14.6 Å². The lowest BCUT2D eigenvalue weighted by Gasteiger charge is -2.42. The van der Waals surface area contributed by atoms with Gasteiger partial charge in [0.1, 0.15) is 0 Å². The second kappa shape index (κ2) is 6.20. The van der Waals surface area contributed by atoms with Crippen molar-refractivity contribution in [2.24, 2.45) is 0 Å². The minimum Gasteiger partial charge on any atom is -0.480 e. The molecule has 5 nitrogen and oxygen atoms in total. The molecule has 1 unspecified atom stereocenters. The van der Waals surface area contributed by atoms with E-state index < -0.39 is 5.97 Å². The summed E-state index contributed by atoms with van der Waals surface area (Å²) in [5, 5.41) is 9.07. The third-order valence-corrected chi connectivity index (χ3v) is 4.47. The van der Waals surface area contributed by atoms with Gasteiger partial charge in [-0.25, -0.2) is 0 Å². The van der Waals surface area contributed by atoms with Crippen molar-refractivity contribution in [3.63, 3.8) is 0 Å². The Hall–Kier alpha value is -0.650. The number of carboxylic acids is 1. The van der Waals surface area contributed by atoms with Crippen molar-refractivity contribution in [3.8, 4) is 0 Å². The van der Waals surface area contributed by atoms with Gasteiger partial charge >= 0.3 is 5.97 Å². The van der Waals surface area contributed by atoms with Crippen LogP contribution in [0.15, 0.2) is 0 Å². The summed E-state index contributed by atoms with van der Waals surface area (Å²) in [7, 11) is 0. The summed E-state index contributed by atoms with van der Waals surface area (Å²) in [4.78, 5) is 13.2. The Balaban J connectivity index is 1.94. The van der Waals surface area contributed by atoms with E-state index in [0.717, 1.165) is 32.1 Å². The fourth-order valence-corrected chi connectivity index (χ4v) is 3.20. The molecule has 1 spiro atoms. The van der Waals surface area contributed by atoms with Gasteiger partial charge in [-0.3, -0.25) is 9.69 Å². The number of hydrogen-bond donors (Lipinski definition) is 1. The summed E-state index contributed by atoms with van der Waals surface area (Å²) in [6, 6.07) is 0.644. The summed E-state index contributed by atoms with van der Waals surface area (Å²) >= 11 is 0. The van der Waals surface area contributed by atoms with Gasteiger partial charge in [-0.2, -0.15) is 0 Å². The molecule has 1 heterocycles. The molecule has 1 aliphatic carbocycles. The average molecular weight is 271 g/mol. The first-order chi connectivity index (χ1) is 9.06. The van der Waals surface area contributed by atoms with Crippen LogP contribution in [-0.2, 0) is 14.3 Å². The molecule has 0 bridgehead atoms. The van der Waals surface area contributed by atoms with Crippen molar-refractivity contribution >= 4 is 5.97 Å². The van der Waals surface area contributed by atoms with Crippen molar-refractivity contribution < 1.29 is 19.4 Å². The number of carboxylic acid groups (broad SMARTS) is 1. The molecule has 1 N–H and O–H groups in total. The van der Waals surface area contributed by atoms with Crippen molar-refractivity contribution in [3.05, 3.63) is 0 Å². The minimum absolute atomic E-state index is 0.133. The van der Waals surface area contributed by atoms with Crippen LogP contribution in [0, 0.1) is 0 Å². The highest BCUT2D eigenvalue weighted by molar-refractivity contribution is 5.69. The molecule has 0 aromatic heterocycles. The first-order valence-electron chi connectivity index (χ1n) is 7.32. The number of rotatable bonds is 5. The van der Waals surface area contributed by atoms with Gasteiger partial charge in [0.15, 0.2) is 5.79 Å². The molecule has 0 amide bonds. The normalized spacial score (nSPS) is 25.0. The lowest BCUT2D eigenvalue weighted by molar-refractivity contribution is -0.185. The third-order valence-electron chi connectivity index (χ3n) is 4.47. The second-order valence-corrected chi connectivity index (χ2v) is 5.66. The van der Waals surface area contributed by atoms with Crippen LogP contribution in [0.1, 0.15) is 46.0 Å². The van der Waals surface area contributed by atoms with Gasteiger partial charge in [0, 0.05) is 24.9 Å². The van der Waals surface area contributed by atoms with Crippen LogP contribution < -0.4 is 0 Å². The van der Waals surface area contributed by atoms with Crippen LogP contribution in [0.3, 0.4) is 0 Å². The van der Waals surface area contributed by atoms with Crippen molar-refractivity contribution in [1.29, 1.82) is 0 Å². The molecule has 1 saturated carbocycles. The Labute approximate surface area is 114 Å². The molecular weight excluding hydrogens is 246 g/mol. The first-order valence-corrected chi connectivity index (χ1v) is 7.32. The largest absolute Gasteiger partial charge is 0.480 e. The van der Waals surface area contributed by atoms with Crippen LogP contribution in [0.4, 0.5) is 0 Å². The summed E-state index contributed by atoms with van der Waals surface area (Å²) in [6.07, 6.45) is 4.64. The van der Waals surface area contributed by atoms with E-state index in [1.807, 2.05) is 0 Å². The van der Waals surface area contributed by atoms with Crippen LogP contribution in [0.2, 0.25) is 0 Å². The van der Waals surface area contributed by atoms with Crippen molar-refractivity contribution in [2.45, 2.75) is 63.8 Å². The summed E-state index contributed by atoms with van der Waals surface area (Å²) in [5.41, 5.74) is 0. The van der Waals surface area contributed by atoms with Crippen molar-refractivity contribution in [1.82, 2.24) is 4.90 Å². The van der Waals surface area contributed by atoms with Gasteiger partial charge in [0.05, 0.1) is 19.8 Å². The van der Waals surface area contributed by atoms with E-state index in [0.29, 0.717) is 25.3 Å². The molecule has 1 atom stereocenters. The maximum absolute atomic E-state index is 11.0. The Morgan fingerprint density at radius 2 is 1.95 bits per heavy atom. The number of carbonyl (C=O) groups is 1. The van der Waals surface area contributed by atoms with Crippen LogP contribution in [-0.4, -0.2) is 53.6 Å². The van der Waals surface area contributed by atoms with Gasteiger partial charge in [-0.05, 0) is 26.2 Å². The molecule has 2 rings (SSSR count). The highest BCUT2D eigenvalue weighted by Gasteiger charge is 2.42. The van der Waals surface area contributed by atoms with Gasteiger partial charge in [0.25, 0.3) is 0 Å². The Bertz CT molecular complexity index is 305. The quantitative estimate of drug-likeness (QED) is 0.827. The van der Waals surface area contributed by atoms with Crippen molar-refractivity contribution in [2.75, 3.05) is 19.8 Å². The zero-order valence-electron chi connectivity index (χ0n) is 11.9. The predicted octanol–water partition coefficient (Wildman–Crippen LogP) is 1.86. The fraction of sp³-hybridized carbons (Fsp3) is 0.929. The molecule has 2 aliphatic rings. The highest BCUT2D eigenvalue weighted by Crippen LogP contribution is 2.37. The van der Waals surface area contributed by atoms with Crippen LogP contribution >= 0.6 is 0 Å². The van der Waals surface area contributed by atoms with E-state index in [9.17, 15) is 4.79 Å². The van der Waals surface area contributed by atoms with Gasteiger partial charge in [-0.1, -0.05) is 6.92 Å². The Morgan fingerprint density at radius 1 is 1.37 bits per heavy atom. The smallest absolute Gasteiger partial charge is 0.317 e. The zero-order valence-corrected chi connectivity index (χ0v) is 11.9. The molecule has 0 aromatic rings. The average Bonchev–Trinajstić information content (AvgIpc) is 2.84. The minimum atomic E-state index is -0.742. The topological polar surface area (TPSA) is 59.0 Å². The molecule has 2 fully saturated rings. The van der Waals surface area contributed by atoms with Gasteiger partial charge < -0.3 is 14.6 Å². The maximum atomic E-state index is 11.0. The highest BCUT2D eigenvalue weighted by atomic mass is 16.7. The van der Waals surface area contributed by atoms with E-state index in [2.05, 4.69) is 18.7 Å². The molecule has 110 valence electrons. The monoisotopic (exact) mass is 271 g/mol. The Kier molecular flexibility index (Phi) is 4.81. The fourth-order valence-electron chi connectivity index (χ4n) is 3.20. The molecule has 0 radical (unpaired) electrons. The number of hydrogen-bond acceptors (Lipinski definition) is 4. The molecule has 1 aliphatic heterocycles. The molecule has 1 saturated heterocycles. The van der Waals surface area contributed by atoms with Gasteiger partial charge in [-0.15, -0.1) is 0 Å². The first kappa shape index (κ1) is 14.8. The number of nitrogens with zero attached hydrogens (tertiary/aromatic N) is 1. The lowest BCUT2D eigenvalue weighted by Crippen LogP contribution is -2.49. The maximum Gasteiger partial charge on any atom is 0.317 e. The van der Waals surface area contributed by atoms with E-state index in [1.54, 1.807) is 0 Å². The van der Waals surface area contributed by atoms with E-state index in [1.165, 1.54) is 0 Å². The molecule has 19 heavy (non-hydrogen) atoms. The second-order valence-electron chi connectivity index (χ2n) is 5.66. The molecular formula is C14H25NO4. The molecule has 0 aromatic carbocycles. The zero-order chi connectivity index (χ0) is 13.9. The standard InChI is InChI=1S/C14H25NO4/c1-3-11(2)15(10-13(16)17)12-4-6-14(7-5-12)18-8-9-19-14/h11-12H,3-10H2,1-2H3,(H,16,17). The van der Waals surface area contributed by atoms with E-state index in [-0.39, 0.29) is 12.3 Å². The number of aliphatic carboxylic acids is 1. The third kappa shape index (κ3) is 3.46. The van der Waals surface area contributed by atoms with E-state index >= 15 is 0 Å². The SMILES string of the molecule is CCC(C)N(CC(=O)O)C1CCC2(CC1)OCCO2. The van der Waals surface area contributed by atoms with Gasteiger partial charge in [0.2, 0.25) is 0 Å².